The number of nitrogens with one attached hydrogen (secondary N) is 1. The summed E-state index contributed by atoms with van der Waals surface area (Å²) < 4.78 is 15.3. The van der Waals surface area contributed by atoms with Gasteiger partial charge in [0.15, 0.2) is 11.5 Å². The highest BCUT2D eigenvalue weighted by molar-refractivity contribution is 5.70. The van der Waals surface area contributed by atoms with E-state index in [2.05, 4.69) is 10.1 Å². The van der Waals surface area contributed by atoms with E-state index in [-0.39, 0.29) is 18.4 Å². The quantitative estimate of drug-likeness (QED) is 0.779. The van der Waals surface area contributed by atoms with E-state index in [0.29, 0.717) is 11.5 Å². The maximum atomic E-state index is 11.4. The average Bonchev–Trinajstić information content (AvgIpc) is 2.43. The molecule has 1 atom stereocenters. The fourth-order valence-corrected chi connectivity index (χ4v) is 1.80. The number of hydrogen-bond acceptors (Lipinski definition) is 5. The Balaban J connectivity index is 3.08. The third-order valence-corrected chi connectivity index (χ3v) is 2.76. The highest BCUT2D eigenvalue weighted by atomic mass is 16.5. The summed E-state index contributed by atoms with van der Waals surface area (Å²) in [5.74, 6) is 0.989. The van der Waals surface area contributed by atoms with Crippen molar-refractivity contribution in [2.45, 2.75) is 12.5 Å². The third kappa shape index (κ3) is 3.13. The van der Waals surface area contributed by atoms with Crippen LogP contribution < -0.4 is 14.8 Å². The van der Waals surface area contributed by atoms with E-state index in [9.17, 15) is 4.79 Å². The summed E-state index contributed by atoms with van der Waals surface area (Å²) in [6.07, 6.45) is 0.233. The Morgan fingerprint density at radius 1 is 1.28 bits per heavy atom. The maximum Gasteiger partial charge on any atom is 0.307 e. The summed E-state index contributed by atoms with van der Waals surface area (Å²) in [6.45, 7) is 0. The van der Waals surface area contributed by atoms with Crippen LogP contribution in [0.15, 0.2) is 18.2 Å². The van der Waals surface area contributed by atoms with Gasteiger partial charge in [0.1, 0.15) is 0 Å². The van der Waals surface area contributed by atoms with Crippen LogP contribution in [0.1, 0.15) is 18.0 Å². The largest absolute Gasteiger partial charge is 0.493 e. The van der Waals surface area contributed by atoms with Gasteiger partial charge < -0.3 is 19.5 Å². The number of para-hydroxylation sites is 1. The van der Waals surface area contributed by atoms with Crippen molar-refractivity contribution in [3.8, 4) is 11.5 Å². The summed E-state index contributed by atoms with van der Waals surface area (Å²) in [7, 11) is 6.31. The van der Waals surface area contributed by atoms with Crippen molar-refractivity contribution in [1.29, 1.82) is 0 Å². The molecular weight excluding hydrogens is 234 g/mol. The number of carbonyl (C=O) groups excluding carboxylic acids is 1. The molecular formula is C13H19NO4. The molecule has 0 fully saturated rings. The Morgan fingerprint density at radius 2 is 2.00 bits per heavy atom. The lowest BCUT2D eigenvalue weighted by atomic mass is 10.0. The summed E-state index contributed by atoms with van der Waals surface area (Å²) in [5, 5.41) is 3.07. The van der Waals surface area contributed by atoms with E-state index in [1.54, 1.807) is 21.3 Å². The topological polar surface area (TPSA) is 56.8 Å². The molecule has 0 radical (unpaired) electrons. The number of rotatable bonds is 6. The summed E-state index contributed by atoms with van der Waals surface area (Å²) in [4.78, 5) is 11.4. The Kier molecular flexibility index (Phi) is 5.45. The molecule has 0 saturated carbocycles. The van der Waals surface area contributed by atoms with Crippen LogP contribution in [0.25, 0.3) is 0 Å². The van der Waals surface area contributed by atoms with Crippen molar-refractivity contribution in [2.75, 3.05) is 28.4 Å². The number of esters is 1. The smallest absolute Gasteiger partial charge is 0.307 e. The predicted octanol–water partition coefficient (Wildman–Crippen LogP) is 1.53. The van der Waals surface area contributed by atoms with Crippen LogP contribution in [0.3, 0.4) is 0 Å². The lowest BCUT2D eigenvalue weighted by Crippen LogP contribution is -2.21. The van der Waals surface area contributed by atoms with Crippen molar-refractivity contribution in [1.82, 2.24) is 5.32 Å². The second-order valence-electron chi connectivity index (χ2n) is 3.70. The zero-order valence-corrected chi connectivity index (χ0v) is 11.1. The lowest BCUT2D eigenvalue weighted by molar-refractivity contribution is -0.141. The molecule has 0 aromatic heterocycles. The molecule has 5 heteroatoms. The minimum atomic E-state index is -0.278. The monoisotopic (exact) mass is 253 g/mol. The first-order valence-corrected chi connectivity index (χ1v) is 5.62. The van der Waals surface area contributed by atoms with Gasteiger partial charge in [-0.05, 0) is 13.1 Å². The van der Waals surface area contributed by atoms with Gasteiger partial charge in [-0.2, -0.15) is 0 Å². The van der Waals surface area contributed by atoms with Gasteiger partial charge in [-0.25, -0.2) is 0 Å². The molecule has 0 saturated heterocycles. The molecule has 0 heterocycles. The maximum absolute atomic E-state index is 11.4. The molecule has 1 rings (SSSR count). The van der Waals surface area contributed by atoms with Crippen molar-refractivity contribution in [3.05, 3.63) is 23.8 Å². The van der Waals surface area contributed by atoms with E-state index in [4.69, 9.17) is 9.47 Å². The first kappa shape index (κ1) is 14.3. The van der Waals surface area contributed by atoms with Gasteiger partial charge in [-0.15, -0.1) is 0 Å². The molecule has 5 nitrogen and oxygen atoms in total. The van der Waals surface area contributed by atoms with Crippen molar-refractivity contribution in [2.24, 2.45) is 0 Å². The van der Waals surface area contributed by atoms with Crippen LogP contribution in [0.5, 0.6) is 11.5 Å². The SMILES string of the molecule is CNC(CC(=O)OC)c1cccc(OC)c1OC. The Labute approximate surface area is 107 Å². The third-order valence-electron chi connectivity index (χ3n) is 2.76. The van der Waals surface area contributed by atoms with Crippen LogP contribution in [0.4, 0.5) is 0 Å². The van der Waals surface area contributed by atoms with Gasteiger partial charge in [0.05, 0.1) is 27.8 Å². The van der Waals surface area contributed by atoms with Gasteiger partial charge in [0.25, 0.3) is 0 Å². The molecule has 1 unspecified atom stereocenters. The zero-order chi connectivity index (χ0) is 13.5. The fraction of sp³-hybridized carbons (Fsp3) is 0.462. The zero-order valence-electron chi connectivity index (χ0n) is 11.1. The molecule has 0 bridgehead atoms. The highest BCUT2D eigenvalue weighted by Crippen LogP contribution is 2.35. The number of ether oxygens (including phenoxy) is 3. The number of hydrogen-bond donors (Lipinski definition) is 1. The Hall–Kier alpha value is -1.75. The normalized spacial score (nSPS) is 11.8. The second kappa shape index (κ2) is 6.86. The number of carbonyl (C=O) groups is 1. The summed E-state index contributed by atoms with van der Waals surface area (Å²) in [6, 6.07) is 5.39. The van der Waals surface area contributed by atoms with Crippen molar-refractivity contribution < 1.29 is 19.0 Å². The second-order valence-corrected chi connectivity index (χ2v) is 3.70. The standard InChI is InChI=1S/C13H19NO4/c1-14-10(8-12(15)17-3)9-6-5-7-11(16-2)13(9)18-4/h5-7,10,14H,8H2,1-4H3. The van der Waals surface area contributed by atoms with E-state index in [1.807, 2.05) is 18.2 Å². The van der Waals surface area contributed by atoms with E-state index >= 15 is 0 Å². The first-order chi connectivity index (χ1) is 8.67. The molecule has 0 amide bonds. The first-order valence-electron chi connectivity index (χ1n) is 5.62. The lowest BCUT2D eigenvalue weighted by Gasteiger charge is -2.19. The molecule has 18 heavy (non-hydrogen) atoms. The van der Waals surface area contributed by atoms with Crippen LogP contribution in [0.2, 0.25) is 0 Å². The number of benzene rings is 1. The Bertz CT molecular complexity index is 406. The molecule has 0 spiro atoms. The van der Waals surface area contributed by atoms with Crippen LogP contribution in [-0.2, 0) is 9.53 Å². The van der Waals surface area contributed by atoms with Crippen LogP contribution in [0, 0.1) is 0 Å². The van der Waals surface area contributed by atoms with E-state index < -0.39 is 0 Å². The Morgan fingerprint density at radius 3 is 2.50 bits per heavy atom. The van der Waals surface area contributed by atoms with Gasteiger partial charge in [0.2, 0.25) is 0 Å². The fourth-order valence-electron chi connectivity index (χ4n) is 1.80. The van der Waals surface area contributed by atoms with Gasteiger partial charge in [0, 0.05) is 11.6 Å². The molecule has 1 aromatic carbocycles. The van der Waals surface area contributed by atoms with Gasteiger partial charge >= 0.3 is 5.97 Å². The summed E-state index contributed by atoms with van der Waals surface area (Å²) in [5.41, 5.74) is 0.866. The molecule has 0 aliphatic heterocycles. The molecule has 0 aliphatic carbocycles. The number of methoxy groups -OCH3 is 3. The van der Waals surface area contributed by atoms with E-state index in [0.717, 1.165) is 5.56 Å². The predicted molar refractivity (Wildman–Crippen MR) is 68.0 cm³/mol. The minimum Gasteiger partial charge on any atom is -0.493 e. The van der Waals surface area contributed by atoms with Gasteiger partial charge in [-0.3, -0.25) is 4.79 Å². The van der Waals surface area contributed by atoms with Gasteiger partial charge in [-0.1, -0.05) is 12.1 Å². The summed E-state index contributed by atoms with van der Waals surface area (Å²) >= 11 is 0. The average molecular weight is 253 g/mol. The molecule has 1 aromatic rings. The highest BCUT2D eigenvalue weighted by Gasteiger charge is 2.20. The minimum absolute atomic E-state index is 0.178. The van der Waals surface area contributed by atoms with Crippen LogP contribution in [-0.4, -0.2) is 34.3 Å². The molecule has 0 aliphatic rings. The van der Waals surface area contributed by atoms with Crippen LogP contribution >= 0.6 is 0 Å². The van der Waals surface area contributed by atoms with Crippen molar-refractivity contribution in [3.63, 3.8) is 0 Å². The van der Waals surface area contributed by atoms with E-state index in [1.165, 1.54) is 7.11 Å². The molecule has 1 N–H and O–H groups in total. The molecule has 100 valence electrons. The van der Waals surface area contributed by atoms with Crippen molar-refractivity contribution >= 4 is 5.97 Å².